The molecular weight excluding hydrogens is 88.1 g/mol. The van der Waals surface area contributed by atoms with Gasteiger partial charge in [0.25, 0.3) is 0 Å². The third-order valence-electron chi connectivity index (χ3n) is 2.00. The number of hydrogen-bond donors (Lipinski definition) is 2. The molecule has 42 valence electrons. The molecule has 0 radical (unpaired) electrons. The predicted octanol–water partition coefficient (Wildman–Crippen LogP) is -0.575. The van der Waals surface area contributed by atoms with Gasteiger partial charge in [0.1, 0.15) is 0 Å². The third-order valence-corrected chi connectivity index (χ3v) is 2.00. The molecule has 0 aromatic carbocycles. The van der Waals surface area contributed by atoms with Crippen molar-refractivity contribution in [3.63, 3.8) is 0 Å². The zero-order chi connectivity index (χ0) is 4.74. The van der Waals surface area contributed by atoms with Gasteiger partial charge in [0.2, 0.25) is 0 Å². The molecule has 0 aromatic rings. The lowest BCUT2D eigenvalue weighted by molar-refractivity contribution is 0.0895. The van der Waals surface area contributed by atoms with E-state index in [1.807, 2.05) is 0 Å². The molecule has 1 spiro atoms. The van der Waals surface area contributed by atoms with Crippen molar-refractivity contribution in [2.45, 2.75) is 0 Å². The Balaban J connectivity index is 0.000000320. The second-order valence-corrected chi connectivity index (χ2v) is 2.71. The molecule has 2 heterocycles. The van der Waals surface area contributed by atoms with Crippen LogP contribution in [0.5, 0.6) is 0 Å². The average Bonchev–Trinajstić information content (AvgIpc) is 1.20. The van der Waals surface area contributed by atoms with E-state index >= 15 is 0 Å². The lowest BCUT2D eigenvalue weighted by Crippen LogP contribution is -2.69. The van der Waals surface area contributed by atoms with Crippen LogP contribution in [-0.2, 0) is 0 Å². The van der Waals surface area contributed by atoms with Crippen molar-refractivity contribution < 1.29 is 1.43 Å². The van der Waals surface area contributed by atoms with Gasteiger partial charge in [0, 0.05) is 33.0 Å². The van der Waals surface area contributed by atoms with Crippen molar-refractivity contribution in [3.8, 4) is 0 Å². The Morgan fingerprint density at radius 3 is 1.43 bits per heavy atom. The molecule has 2 rings (SSSR count). The fraction of sp³-hybridized carbons (Fsp3) is 1.00. The van der Waals surface area contributed by atoms with Gasteiger partial charge in [0.15, 0.2) is 0 Å². The van der Waals surface area contributed by atoms with E-state index < -0.39 is 0 Å². The Kier molecular flexibility index (Phi) is 0.557. The number of rotatable bonds is 0. The van der Waals surface area contributed by atoms with Gasteiger partial charge in [0.05, 0.1) is 0 Å². The molecular formula is C5H12N2. The van der Waals surface area contributed by atoms with Crippen LogP contribution >= 0.6 is 0 Å². The first-order valence-corrected chi connectivity index (χ1v) is 2.83. The molecule has 2 nitrogen and oxygen atoms in total. The summed E-state index contributed by atoms with van der Waals surface area (Å²) < 4.78 is 0. The Morgan fingerprint density at radius 1 is 1.00 bits per heavy atom. The van der Waals surface area contributed by atoms with Crippen molar-refractivity contribution in [1.82, 2.24) is 10.6 Å². The fourth-order valence-corrected chi connectivity index (χ4v) is 1.21. The molecule has 0 unspecified atom stereocenters. The Hall–Kier alpha value is -0.0800. The molecule has 2 saturated heterocycles. The molecule has 2 heteroatoms. The van der Waals surface area contributed by atoms with Gasteiger partial charge in [-0.15, -0.1) is 0 Å². The molecule has 2 fully saturated rings. The largest absolute Gasteiger partial charge is 0.315 e. The molecule has 2 aliphatic heterocycles. The molecule has 2 aliphatic rings. The molecule has 2 N–H and O–H groups in total. The van der Waals surface area contributed by atoms with E-state index in [1.54, 1.807) is 0 Å². The summed E-state index contributed by atoms with van der Waals surface area (Å²) in [7, 11) is 0. The van der Waals surface area contributed by atoms with Gasteiger partial charge in [-0.2, -0.15) is 0 Å². The van der Waals surface area contributed by atoms with Crippen LogP contribution in [0.1, 0.15) is 1.43 Å². The Labute approximate surface area is 44.8 Å². The standard InChI is InChI=1S/C5H10N2.H2/c1-5(2-6-1)3-7-4-5;/h6-7H,1-4H2;1H. The molecule has 0 amide bonds. The van der Waals surface area contributed by atoms with Crippen molar-refractivity contribution in [1.29, 1.82) is 0 Å². The van der Waals surface area contributed by atoms with E-state index in [-0.39, 0.29) is 1.43 Å². The molecule has 0 bridgehead atoms. The molecule has 0 atom stereocenters. The first-order valence-electron chi connectivity index (χ1n) is 2.83. The zero-order valence-corrected chi connectivity index (χ0v) is 4.33. The summed E-state index contributed by atoms with van der Waals surface area (Å²) in [6.07, 6.45) is 0. The van der Waals surface area contributed by atoms with Gasteiger partial charge in [-0.25, -0.2) is 0 Å². The highest BCUT2D eigenvalue weighted by atomic mass is 15.1. The van der Waals surface area contributed by atoms with Crippen LogP contribution in [0.4, 0.5) is 0 Å². The van der Waals surface area contributed by atoms with E-state index in [1.165, 1.54) is 26.2 Å². The van der Waals surface area contributed by atoms with Crippen LogP contribution < -0.4 is 10.6 Å². The monoisotopic (exact) mass is 100 g/mol. The minimum atomic E-state index is 0. The van der Waals surface area contributed by atoms with E-state index in [2.05, 4.69) is 10.6 Å². The van der Waals surface area contributed by atoms with E-state index in [4.69, 9.17) is 0 Å². The minimum Gasteiger partial charge on any atom is -0.315 e. The highest BCUT2D eigenvalue weighted by Crippen LogP contribution is 2.25. The summed E-state index contributed by atoms with van der Waals surface area (Å²) in [5.74, 6) is 0. The summed E-state index contributed by atoms with van der Waals surface area (Å²) in [5, 5.41) is 6.53. The summed E-state index contributed by atoms with van der Waals surface area (Å²) in [6.45, 7) is 5.00. The molecule has 0 aromatic heterocycles. The quantitative estimate of drug-likeness (QED) is 0.426. The van der Waals surface area contributed by atoms with Crippen LogP contribution in [0.3, 0.4) is 0 Å². The normalized spacial score (nSPS) is 34.3. The van der Waals surface area contributed by atoms with Crippen LogP contribution in [-0.4, -0.2) is 26.2 Å². The highest BCUT2D eigenvalue weighted by Gasteiger charge is 2.41. The average molecular weight is 100 g/mol. The molecule has 7 heavy (non-hydrogen) atoms. The van der Waals surface area contributed by atoms with Crippen LogP contribution in [0.25, 0.3) is 0 Å². The maximum atomic E-state index is 3.26. The van der Waals surface area contributed by atoms with Gasteiger partial charge < -0.3 is 10.6 Å². The van der Waals surface area contributed by atoms with Gasteiger partial charge in [-0.05, 0) is 0 Å². The molecule has 0 saturated carbocycles. The minimum absolute atomic E-state index is 0. The summed E-state index contributed by atoms with van der Waals surface area (Å²) in [5.41, 5.74) is 0.722. The van der Waals surface area contributed by atoms with Crippen molar-refractivity contribution in [2.24, 2.45) is 5.41 Å². The lowest BCUT2D eigenvalue weighted by Gasteiger charge is -2.50. The number of hydrogen-bond acceptors (Lipinski definition) is 2. The summed E-state index contributed by atoms with van der Waals surface area (Å²) in [6, 6.07) is 0. The second-order valence-electron chi connectivity index (χ2n) is 2.71. The maximum Gasteiger partial charge on any atom is 0.0202 e. The van der Waals surface area contributed by atoms with Gasteiger partial charge in [-0.1, -0.05) is 0 Å². The van der Waals surface area contributed by atoms with Crippen molar-refractivity contribution in [3.05, 3.63) is 0 Å². The second kappa shape index (κ2) is 1.01. The zero-order valence-electron chi connectivity index (χ0n) is 4.33. The van der Waals surface area contributed by atoms with Crippen molar-refractivity contribution in [2.75, 3.05) is 26.2 Å². The van der Waals surface area contributed by atoms with Gasteiger partial charge >= 0.3 is 0 Å². The Morgan fingerprint density at radius 2 is 1.43 bits per heavy atom. The smallest absolute Gasteiger partial charge is 0.0202 e. The SMILES string of the molecule is C1NCC12CNC2.[HH]. The topological polar surface area (TPSA) is 24.1 Å². The first kappa shape index (κ1) is 3.87. The van der Waals surface area contributed by atoms with Crippen LogP contribution in [0, 0.1) is 5.41 Å². The van der Waals surface area contributed by atoms with E-state index in [9.17, 15) is 0 Å². The third kappa shape index (κ3) is 0.359. The lowest BCUT2D eigenvalue weighted by atomic mass is 9.76. The Bertz CT molecular complexity index is 70.9. The van der Waals surface area contributed by atoms with Crippen LogP contribution in [0.15, 0.2) is 0 Å². The first-order chi connectivity index (χ1) is 3.41. The highest BCUT2D eigenvalue weighted by molar-refractivity contribution is 5.01. The van der Waals surface area contributed by atoms with E-state index in [0.717, 1.165) is 5.41 Å². The maximum absolute atomic E-state index is 3.26. The van der Waals surface area contributed by atoms with E-state index in [0.29, 0.717) is 0 Å². The van der Waals surface area contributed by atoms with Crippen molar-refractivity contribution >= 4 is 0 Å². The van der Waals surface area contributed by atoms with Crippen LogP contribution in [0.2, 0.25) is 0 Å². The molecule has 0 aliphatic carbocycles. The summed E-state index contributed by atoms with van der Waals surface area (Å²) in [4.78, 5) is 0. The van der Waals surface area contributed by atoms with Gasteiger partial charge in [-0.3, -0.25) is 0 Å². The summed E-state index contributed by atoms with van der Waals surface area (Å²) >= 11 is 0. The number of nitrogens with one attached hydrogen (secondary N) is 2. The fourth-order valence-electron chi connectivity index (χ4n) is 1.21. The predicted molar refractivity (Wildman–Crippen MR) is 30.3 cm³/mol.